The number of benzene rings is 3. The smallest absolute Gasteiger partial charge is 0.247 e. The van der Waals surface area contributed by atoms with E-state index in [-0.39, 0.29) is 17.7 Å². The Labute approximate surface area is 197 Å². The Bertz CT molecular complexity index is 1020. The summed E-state index contributed by atoms with van der Waals surface area (Å²) in [6.45, 7) is 4.16. The minimum atomic E-state index is -0.653. The Kier molecular flexibility index (Phi) is 9.25. The Morgan fingerprint density at radius 1 is 0.788 bits per heavy atom. The average Bonchev–Trinajstić information content (AvgIpc) is 2.85. The molecule has 2 unspecified atom stereocenters. The standard InChI is InChI=1S/C29H34N2O2/c1-3-5-16-23(4-2)28(32)31-27(21-22-14-8-6-9-15-22)29(33)30-26-20-13-12-19-25(26)24-17-10-7-11-18-24/h6-15,17-20,23,27H,3-5,16,21H2,1-2H3,(H,30,33)(H,31,32). The number of carbonyl (C=O) groups is 2. The molecule has 2 amide bonds. The Balaban J connectivity index is 1.82. The van der Waals surface area contributed by atoms with Gasteiger partial charge in [0, 0.05) is 23.6 Å². The lowest BCUT2D eigenvalue weighted by Gasteiger charge is -2.23. The average molecular weight is 443 g/mol. The van der Waals surface area contributed by atoms with Gasteiger partial charge >= 0.3 is 0 Å². The number of hydrogen-bond acceptors (Lipinski definition) is 2. The minimum Gasteiger partial charge on any atom is -0.344 e. The molecule has 0 aliphatic heterocycles. The molecular formula is C29H34N2O2. The van der Waals surface area contributed by atoms with Crippen LogP contribution in [0.1, 0.15) is 45.1 Å². The van der Waals surface area contributed by atoms with Crippen LogP contribution >= 0.6 is 0 Å². The van der Waals surface area contributed by atoms with Crippen molar-refractivity contribution in [3.8, 4) is 11.1 Å². The molecule has 0 bridgehead atoms. The molecule has 0 aliphatic carbocycles. The summed E-state index contributed by atoms with van der Waals surface area (Å²) in [6.07, 6.45) is 4.10. The van der Waals surface area contributed by atoms with E-state index in [9.17, 15) is 9.59 Å². The van der Waals surface area contributed by atoms with Crippen LogP contribution in [0.15, 0.2) is 84.9 Å². The van der Waals surface area contributed by atoms with Gasteiger partial charge in [-0.3, -0.25) is 9.59 Å². The van der Waals surface area contributed by atoms with Crippen molar-refractivity contribution in [2.75, 3.05) is 5.32 Å². The van der Waals surface area contributed by atoms with Crippen LogP contribution in [0.5, 0.6) is 0 Å². The summed E-state index contributed by atoms with van der Waals surface area (Å²) in [4.78, 5) is 26.5. The molecule has 0 fully saturated rings. The van der Waals surface area contributed by atoms with E-state index in [0.29, 0.717) is 6.42 Å². The number of para-hydroxylation sites is 1. The third kappa shape index (κ3) is 7.04. The summed E-state index contributed by atoms with van der Waals surface area (Å²) in [6, 6.07) is 26.9. The maximum atomic E-state index is 13.4. The van der Waals surface area contributed by atoms with Crippen molar-refractivity contribution in [1.82, 2.24) is 5.32 Å². The molecule has 0 aliphatic rings. The van der Waals surface area contributed by atoms with Crippen molar-refractivity contribution >= 4 is 17.5 Å². The van der Waals surface area contributed by atoms with Gasteiger partial charge in [0.05, 0.1) is 0 Å². The third-order valence-corrected chi connectivity index (χ3v) is 5.96. The fourth-order valence-corrected chi connectivity index (χ4v) is 4.00. The van der Waals surface area contributed by atoms with Gasteiger partial charge in [0.15, 0.2) is 0 Å². The molecule has 4 nitrogen and oxygen atoms in total. The van der Waals surface area contributed by atoms with Crippen LogP contribution in [0.3, 0.4) is 0 Å². The predicted molar refractivity (Wildman–Crippen MR) is 136 cm³/mol. The predicted octanol–water partition coefficient (Wildman–Crippen LogP) is 6.24. The second kappa shape index (κ2) is 12.6. The highest BCUT2D eigenvalue weighted by molar-refractivity contribution is 6.00. The van der Waals surface area contributed by atoms with E-state index in [4.69, 9.17) is 0 Å². The van der Waals surface area contributed by atoms with Crippen LogP contribution in [0.4, 0.5) is 5.69 Å². The van der Waals surface area contributed by atoms with Crippen molar-refractivity contribution in [3.63, 3.8) is 0 Å². The van der Waals surface area contributed by atoms with Gasteiger partial charge < -0.3 is 10.6 Å². The summed E-state index contributed by atoms with van der Waals surface area (Å²) in [7, 11) is 0. The van der Waals surface area contributed by atoms with Gasteiger partial charge in [0.25, 0.3) is 0 Å². The van der Waals surface area contributed by atoms with Crippen molar-refractivity contribution in [2.24, 2.45) is 5.92 Å². The Hall–Kier alpha value is -3.40. The zero-order chi connectivity index (χ0) is 23.5. The van der Waals surface area contributed by atoms with Gasteiger partial charge in [-0.2, -0.15) is 0 Å². The van der Waals surface area contributed by atoms with Gasteiger partial charge in [-0.1, -0.05) is 106 Å². The van der Waals surface area contributed by atoms with E-state index in [2.05, 4.69) is 17.6 Å². The van der Waals surface area contributed by atoms with Crippen LogP contribution in [-0.2, 0) is 16.0 Å². The van der Waals surface area contributed by atoms with Crippen molar-refractivity contribution in [3.05, 3.63) is 90.5 Å². The quantitative estimate of drug-likeness (QED) is 0.369. The Morgan fingerprint density at radius 3 is 2.09 bits per heavy atom. The maximum absolute atomic E-state index is 13.4. The molecule has 0 spiro atoms. The van der Waals surface area contributed by atoms with Crippen LogP contribution in [0, 0.1) is 5.92 Å². The lowest BCUT2D eigenvalue weighted by atomic mass is 9.97. The molecule has 2 N–H and O–H groups in total. The highest BCUT2D eigenvalue weighted by Crippen LogP contribution is 2.27. The first-order valence-corrected chi connectivity index (χ1v) is 11.9. The van der Waals surface area contributed by atoms with Gasteiger partial charge in [0.2, 0.25) is 11.8 Å². The number of nitrogens with one attached hydrogen (secondary N) is 2. The summed E-state index contributed by atoms with van der Waals surface area (Å²) >= 11 is 0. The monoisotopic (exact) mass is 442 g/mol. The fraction of sp³-hybridized carbons (Fsp3) is 0.310. The number of rotatable bonds is 11. The van der Waals surface area contributed by atoms with Crippen molar-refractivity contribution in [1.29, 1.82) is 0 Å². The van der Waals surface area contributed by atoms with Crippen LogP contribution in [0.2, 0.25) is 0 Å². The van der Waals surface area contributed by atoms with E-state index in [1.54, 1.807) is 0 Å². The first-order chi connectivity index (χ1) is 16.1. The summed E-state index contributed by atoms with van der Waals surface area (Å²) in [5.74, 6) is -0.327. The molecule has 0 saturated heterocycles. The van der Waals surface area contributed by atoms with Gasteiger partial charge in [-0.15, -0.1) is 0 Å². The van der Waals surface area contributed by atoms with Gasteiger partial charge in [-0.05, 0) is 30.0 Å². The van der Waals surface area contributed by atoms with Crippen LogP contribution in [0.25, 0.3) is 11.1 Å². The maximum Gasteiger partial charge on any atom is 0.247 e. The number of carbonyl (C=O) groups excluding carboxylic acids is 2. The number of unbranched alkanes of at least 4 members (excludes halogenated alkanes) is 1. The molecule has 0 heterocycles. The molecular weight excluding hydrogens is 408 g/mol. The van der Waals surface area contributed by atoms with E-state index in [1.807, 2.05) is 91.9 Å². The van der Waals surface area contributed by atoms with E-state index in [0.717, 1.165) is 48.1 Å². The molecule has 3 aromatic rings. The van der Waals surface area contributed by atoms with Gasteiger partial charge in [0.1, 0.15) is 6.04 Å². The molecule has 2 atom stereocenters. The van der Waals surface area contributed by atoms with Crippen molar-refractivity contribution in [2.45, 2.75) is 52.0 Å². The Morgan fingerprint density at radius 2 is 1.42 bits per heavy atom. The molecule has 33 heavy (non-hydrogen) atoms. The SMILES string of the molecule is CCCCC(CC)C(=O)NC(Cc1ccccc1)C(=O)Nc1ccccc1-c1ccccc1. The van der Waals surface area contributed by atoms with Gasteiger partial charge in [-0.25, -0.2) is 0 Å². The largest absolute Gasteiger partial charge is 0.344 e. The van der Waals surface area contributed by atoms with E-state index < -0.39 is 6.04 Å². The first-order valence-electron chi connectivity index (χ1n) is 11.9. The molecule has 0 radical (unpaired) electrons. The van der Waals surface area contributed by atoms with Crippen LogP contribution in [-0.4, -0.2) is 17.9 Å². The second-order valence-electron chi connectivity index (χ2n) is 8.40. The fourth-order valence-electron chi connectivity index (χ4n) is 4.00. The van der Waals surface area contributed by atoms with Crippen LogP contribution < -0.4 is 10.6 Å². The molecule has 4 heteroatoms. The van der Waals surface area contributed by atoms with E-state index >= 15 is 0 Å². The third-order valence-electron chi connectivity index (χ3n) is 5.96. The molecule has 0 aromatic heterocycles. The summed E-state index contributed by atoms with van der Waals surface area (Å²) < 4.78 is 0. The molecule has 172 valence electrons. The zero-order valence-corrected chi connectivity index (χ0v) is 19.6. The number of anilines is 1. The minimum absolute atomic E-state index is 0.0432. The normalized spacial score (nSPS) is 12.5. The molecule has 3 rings (SSSR count). The first kappa shape index (κ1) is 24.2. The zero-order valence-electron chi connectivity index (χ0n) is 19.6. The number of hydrogen-bond donors (Lipinski definition) is 2. The lowest BCUT2D eigenvalue weighted by Crippen LogP contribution is -2.47. The van der Waals surface area contributed by atoms with E-state index in [1.165, 1.54) is 0 Å². The van der Waals surface area contributed by atoms with Crippen molar-refractivity contribution < 1.29 is 9.59 Å². The lowest BCUT2D eigenvalue weighted by molar-refractivity contribution is -0.129. The number of amides is 2. The summed E-state index contributed by atoms with van der Waals surface area (Å²) in [5, 5.41) is 6.13. The highest BCUT2D eigenvalue weighted by Gasteiger charge is 2.25. The highest BCUT2D eigenvalue weighted by atomic mass is 16.2. The topological polar surface area (TPSA) is 58.2 Å². The molecule has 0 saturated carbocycles. The summed E-state index contributed by atoms with van der Waals surface area (Å²) in [5.41, 5.74) is 3.73. The molecule has 3 aromatic carbocycles. The second-order valence-corrected chi connectivity index (χ2v) is 8.40.